The van der Waals surface area contributed by atoms with Crippen LogP contribution in [0.3, 0.4) is 0 Å². The summed E-state index contributed by atoms with van der Waals surface area (Å²) in [7, 11) is 2.11. The van der Waals surface area contributed by atoms with E-state index < -0.39 is 0 Å². The Labute approximate surface area is 125 Å². The summed E-state index contributed by atoms with van der Waals surface area (Å²) in [5.41, 5.74) is 0.527. The van der Waals surface area contributed by atoms with Gasteiger partial charge in [0.05, 0.1) is 6.10 Å². The molecular formula is C17H34N2O. The van der Waals surface area contributed by atoms with E-state index >= 15 is 0 Å². The summed E-state index contributed by atoms with van der Waals surface area (Å²) in [6.45, 7) is 8.03. The summed E-state index contributed by atoms with van der Waals surface area (Å²) < 4.78 is 5.99. The molecule has 1 N–H and O–H groups in total. The fourth-order valence-corrected chi connectivity index (χ4v) is 4.12. The maximum Gasteiger partial charge on any atom is 0.0702 e. The molecule has 0 aromatic heterocycles. The van der Waals surface area contributed by atoms with Crippen molar-refractivity contribution >= 4 is 0 Å². The van der Waals surface area contributed by atoms with Crippen molar-refractivity contribution in [3.05, 3.63) is 0 Å². The van der Waals surface area contributed by atoms with Crippen molar-refractivity contribution in [1.29, 1.82) is 0 Å². The number of piperidine rings is 1. The fourth-order valence-electron chi connectivity index (χ4n) is 4.12. The summed E-state index contributed by atoms with van der Waals surface area (Å²) in [4.78, 5) is 2.69. The summed E-state index contributed by atoms with van der Waals surface area (Å²) >= 11 is 0. The van der Waals surface area contributed by atoms with Crippen LogP contribution in [0.25, 0.3) is 0 Å². The van der Waals surface area contributed by atoms with Crippen LogP contribution in [0.15, 0.2) is 0 Å². The molecule has 20 heavy (non-hydrogen) atoms. The number of ether oxygens (including phenoxy) is 1. The molecule has 2 fully saturated rings. The average Bonchev–Trinajstić information content (AvgIpc) is 2.46. The third-order valence-electron chi connectivity index (χ3n) is 5.04. The third-order valence-corrected chi connectivity index (χ3v) is 5.04. The van der Waals surface area contributed by atoms with Gasteiger partial charge in [0.25, 0.3) is 0 Å². The highest BCUT2D eigenvalue weighted by Gasteiger charge is 2.34. The van der Waals surface area contributed by atoms with Crippen molar-refractivity contribution in [2.24, 2.45) is 5.41 Å². The van der Waals surface area contributed by atoms with Crippen LogP contribution in [0, 0.1) is 5.41 Å². The van der Waals surface area contributed by atoms with Crippen LogP contribution in [-0.4, -0.2) is 50.8 Å². The lowest BCUT2D eigenvalue weighted by molar-refractivity contribution is -0.0161. The molecule has 1 aliphatic heterocycles. The van der Waals surface area contributed by atoms with E-state index in [-0.39, 0.29) is 0 Å². The van der Waals surface area contributed by atoms with Crippen molar-refractivity contribution in [3.63, 3.8) is 0 Å². The Morgan fingerprint density at radius 1 is 1.20 bits per heavy atom. The lowest BCUT2D eigenvalue weighted by Crippen LogP contribution is -2.49. The van der Waals surface area contributed by atoms with Gasteiger partial charge in [-0.1, -0.05) is 26.2 Å². The highest BCUT2D eigenvalue weighted by Crippen LogP contribution is 2.37. The minimum atomic E-state index is 0.485. The maximum absolute atomic E-state index is 5.99. The molecule has 0 radical (unpaired) electrons. The SMILES string of the molecule is CCCOC1CCCN(CC2(CNC)CCCCC2)C1. The molecule has 1 aliphatic carbocycles. The second kappa shape index (κ2) is 8.35. The van der Waals surface area contributed by atoms with E-state index in [9.17, 15) is 0 Å². The Bertz CT molecular complexity index is 258. The fraction of sp³-hybridized carbons (Fsp3) is 1.00. The number of likely N-dealkylation sites (tertiary alicyclic amines) is 1. The molecule has 1 atom stereocenters. The monoisotopic (exact) mass is 282 g/mol. The molecule has 1 unspecified atom stereocenters. The number of hydrogen-bond acceptors (Lipinski definition) is 3. The topological polar surface area (TPSA) is 24.5 Å². The van der Waals surface area contributed by atoms with Gasteiger partial charge in [0.2, 0.25) is 0 Å². The smallest absolute Gasteiger partial charge is 0.0702 e. The molecule has 2 rings (SSSR count). The Hall–Kier alpha value is -0.120. The molecule has 1 saturated heterocycles. The van der Waals surface area contributed by atoms with Gasteiger partial charge in [-0.05, 0) is 51.1 Å². The van der Waals surface area contributed by atoms with E-state index in [1.165, 1.54) is 64.6 Å². The minimum absolute atomic E-state index is 0.485. The molecule has 3 heteroatoms. The lowest BCUT2D eigenvalue weighted by atomic mass is 9.73. The van der Waals surface area contributed by atoms with Crippen molar-refractivity contribution in [2.45, 2.75) is 64.4 Å². The molecule has 0 amide bonds. The molecule has 0 aromatic rings. The molecule has 1 saturated carbocycles. The van der Waals surface area contributed by atoms with Gasteiger partial charge in [-0.15, -0.1) is 0 Å². The summed E-state index contributed by atoms with van der Waals surface area (Å²) in [6, 6.07) is 0. The largest absolute Gasteiger partial charge is 0.377 e. The molecule has 0 bridgehead atoms. The predicted molar refractivity (Wildman–Crippen MR) is 85.1 cm³/mol. The number of rotatable bonds is 7. The number of hydrogen-bond donors (Lipinski definition) is 1. The zero-order valence-corrected chi connectivity index (χ0v) is 13.6. The Balaban J connectivity index is 1.85. The zero-order chi connectivity index (χ0) is 14.3. The summed E-state index contributed by atoms with van der Waals surface area (Å²) in [5.74, 6) is 0. The lowest BCUT2D eigenvalue weighted by Gasteiger charge is -2.43. The maximum atomic E-state index is 5.99. The number of nitrogens with one attached hydrogen (secondary N) is 1. The van der Waals surface area contributed by atoms with E-state index in [1.807, 2.05) is 0 Å². The van der Waals surface area contributed by atoms with Crippen LogP contribution in [-0.2, 0) is 4.74 Å². The van der Waals surface area contributed by atoms with Crippen molar-refractivity contribution in [1.82, 2.24) is 10.2 Å². The zero-order valence-electron chi connectivity index (χ0n) is 13.6. The third kappa shape index (κ3) is 4.71. The van der Waals surface area contributed by atoms with Crippen LogP contribution in [0.5, 0.6) is 0 Å². The predicted octanol–water partition coefficient (Wildman–Crippen LogP) is 3.05. The second-order valence-corrected chi connectivity index (χ2v) is 6.96. The van der Waals surface area contributed by atoms with Crippen LogP contribution in [0.4, 0.5) is 0 Å². The van der Waals surface area contributed by atoms with Gasteiger partial charge in [-0.2, -0.15) is 0 Å². The van der Waals surface area contributed by atoms with Crippen molar-refractivity contribution in [2.75, 3.05) is 39.8 Å². The minimum Gasteiger partial charge on any atom is -0.377 e. The first-order valence-electron chi connectivity index (χ1n) is 8.76. The molecule has 0 aromatic carbocycles. The van der Waals surface area contributed by atoms with Gasteiger partial charge < -0.3 is 15.0 Å². The van der Waals surface area contributed by atoms with E-state index in [2.05, 4.69) is 24.2 Å². The van der Waals surface area contributed by atoms with Crippen molar-refractivity contribution in [3.8, 4) is 0 Å². The average molecular weight is 282 g/mol. The van der Waals surface area contributed by atoms with E-state index in [1.54, 1.807) is 0 Å². The van der Waals surface area contributed by atoms with Gasteiger partial charge in [0.1, 0.15) is 0 Å². The van der Waals surface area contributed by atoms with Crippen LogP contribution < -0.4 is 5.32 Å². The van der Waals surface area contributed by atoms with Gasteiger partial charge in [0.15, 0.2) is 0 Å². The van der Waals surface area contributed by atoms with Gasteiger partial charge >= 0.3 is 0 Å². The normalized spacial score (nSPS) is 27.6. The first-order valence-corrected chi connectivity index (χ1v) is 8.76. The quantitative estimate of drug-likeness (QED) is 0.777. The van der Waals surface area contributed by atoms with Gasteiger partial charge in [0, 0.05) is 26.2 Å². The Morgan fingerprint density at radius 3 is 2.70 bits per heavy atom. The first kappa shape index (κ1) is 16.3. The van der Waals surface area contributed by atoms with Crippen LogP contribution in [0.2, 0.25) is 0 Å². The molecule has 118 valence electrons. The Kier molecular flexibility index (Phi) is 6.79. The highest BCUT2D eigenvalue weighted by atomic mass is 16.5. The van der Waals surface area contributed by atoms with E-state index in [4.69, 9.17) is 4.74 Å². The van der Waals surface area contributed by atoms with Crippen molar-refractivity contribution < 1.29 is 4.74 Å². The summed E-state index contributed by atoms with van der Waals surface area (Å²) in [5, 5.41) is 3.46. The second-order valence-electron chi connectivity index (χ2n) is 6.96. The number of nitrogens with zero attached hydrogens (tertiary/aromatic N) is 1. The molecule has 2 aliphatic rings. The van der Waals surface area contributed by atoms with Crippen LogP contribution in [0.1, 0.15) is 58.3 Å². The highest BCUT2D eigenvalue weighted by molar-refractivity contribution is 4.89. The molecule has 3 nitrogen and oxygen atoms in total. The standard InChI is InChI=1S/C17H34N2O/c1-3-12-20-16-8-7-11-19(13-16)15-17(14-18-2)9-5-4-6-10-17/h16,18H,3-15H2,1-2H3. The van der Waals surface area contributed by atoms with E-state index in [0.29, 0.717) is 11.5 Å². The van der Waals surface area contributed by atoms with E-state index in [0.717, 1.165) is 19.6 Å². The first-order chi connectivity index (χ1) is 9.78. The molecule has 1 heterocycles. The van der Waals surface area contributed by atoms with Gasteiger partial charge in [-0.3, -0.25) is 0 Å². The Morgan fingerprint density at radius 2 is 2.00 bits per heavy atom. The summed E-state index contributed by atoms with van der Waals surface area (Å²) in [6.07, 6.45) is 11.3. The molecule has 0 spiro atoms. The molecular weight excluding hydrogens is 248 g/mol. The van der Waals surface area contributed by atoms with Gasteiger partial charge in [-0.25, -0.2) is 0 Å². The van der Waals surface area contributed by atoms with Crippen LogP contribution >= 0.6 is 0 Å².